The molecular weight excluding hydrogens is 268 g/mol. The van der Waals surface area contributed by atoms with Gasteiger partial charge >= 0.3 is 0 Å². The Morgan fingerprint density at radius 3 is 2.76 bits per heavy atom. The van der Waals surface area contributed by atoms with Gasteiger partial charge in [0.25, 0.3) is 0 Å². The van der Waals surface area contributed by atoms with Crippen molar-refractivity contribution < 1.29 is 14.6 Å². The predicted octanol–water partition coefficient (Wildman–Crippen LogP) is 1.76. The van der Waals surface area contributed by atoms with Crippen LogP contribution in [0, 0.1) is 6.92 Å². The molecule has 0 unspecified atom stereocenters. The molecule has 21 heavy (non-hydrogen) atoms. The maximum Gasteiger partial charge on any atom is 0.122 e. The number of ether oxygens (including phenoxy) is 2. The van der Waals surface area contributed by atoms with E-state index in [1.165, 1.54) is 0 Å². The lowest BCUT2D eigenvalue weighted by Gasteiger charge is -2.13. The van der Waals surface area contributed by atoms with Crippen molar-refractivity contribution >= 4 is 5.71 Å². The number of benzene rings is 1. The van der Waals surface area contributed by atoms with E-state index < -0.39 is 0 Å². The van der Waals surface area contributed by atoms with Crippen molar-refractivity contribution in [1.82, 2.24) is 5.43 Å². The monoisotopic (exact) mass is 288 g/mol. The Hall–Kier alpha value is -2.11. The molecule has 1 heterocycles. The van der Waals surface area contributed by atoms with Crippen LogP contribution in [0.15, 0.2) is 47.7 Å². The summed E-state index contributed by atoms with van der Waals surface area (Å²) in [4.78, 5) is 0. The van der Waals surface area contributed by atoms with Gasteiger partial charge in [0.15, 0.2) is 0 Å². The van der Waals surface area contributed by atoms with Gasteiger partial charge in [0.05, 0.1) is 25.5 Å². The molecule has 2 N–H and O–H groups in total. The van der Waals surface area contributed by atoms with Gasteiger partial charge in [-0.1, -0.05) is 6.58 Å². The van der Waals surface area contributed by atoms with Gasteiger partial charge in [-0.15, -0.1) is 0 Å². The molecule has 0 saturated carbocycles. The minimum Gasteiger partial charge on any atom is -0.491 e. The fourth-order valence-corrected chi connectivity index (χ4v) is 1.89. The van der Waals surface area contributed by atoms with Crippen LogP contribution in [0.1, 0.15) is 11.1 Å². The number of rotatable bonds is 7. The summed E-state index contributed by atoms with van der Waals surface area (Å²) in [6, 6.07) is 5.93. The van der Waals surface area contributed by atoms with E-state index in [1.54, 1.807) is 0 Å². The number of allylic oxidation sites excluding steroid dienone is 2. The number of nitrogens with zero attached hydrogens (tertiary/aromatic N) is 1. The lowest BCUT2D eigenvalue weighted by atomic mass is 10.1. The van der Waals surface area contributed by atoms with Gasteiger partial charge < -0.3 is 14.6 Å². The molecule has 0 amide bonds. The first kappa shape index (κ1) is 15.3. The molecule has 5 heteroatoms. The largest absolute Gasteiger partial charge is 0.491 e. The Bertz CT molecular complexity index is 565. The molecule has 0 bridgehead atoms. The number of hydrogen-bond donors (Lipinski definition) is 2. The van der Waals surface area contributed by atoms with Gasteiger partial charge in [-0.3, -0.25) is 5.43 Å². The molecule has 1 aliphatic heterocycles. The second-order valence-corrected chi connectivity index (χ2v) is 4.63. The van der Waals surface area contributed by atoms with Gasteiger partial charge in [-0.25, -0.2) is 0 Å². The summed E-state index contributed by atoms with van der Waals surface area (Å²) in [5.74, 6) is 0.823. The Morgan fingerprint density at radius 2 is 2.10 bits per heavy atom. The first-order valence-corrected chi connectivity index (χ1v) is 6.84. The zero-order valence-corrected chi connectivity index (χ0v) is 12.1. The fourth-order valence-electron chi connectivity index (χ4n) is 1.89. The van der Waals surface area contributed by atoms with Crippen LogP contribution in [0.2, 0.25) is 0 Å². The van der Waals surface area contributed by atoms with Crippen LogP contribution in [0.25, 0.3) is 0 Å². The van der Waals surface area contributed by atoms with E-state index in [0.29, 0.717) is 19.8 Å². The molecule has 0 atom stereocenters. The van der Waals surface area contributed by atoms with Gasteiger partial charge in [-0.2, -0.15) is 5.10 Å². The first-order valence-electron chi connectivity index (χ1n) is 6.84. The highest BCUT2D eigenvalue weighted by atomic mass is 16.5. The zero-order chi connectivity index (χ0) is 15.1. The summed E-state index contributed by atoms with van der Waals surface area (Å²) in [5.41, 5.74) is 6.56. The molecule has 2 rings (SSSR count). The Balaban J connectivity index is 1.95. The lowest BCUT2D eigenvalue weighted by Crippen LogP contribution is -2.13. The average Bonchev–Trinajstić information content (AvgIpc) is 2.49. The van der Waals surface area contributed by atoms with Gasteiger partial charge in [-0.05, 0) is 42.8 Å². The van der Waals surface area contributed by atoms with Crippen LogP contribution in [-0.2, 0) is 4.74 Å². The van der Waals surface area contributed by atoms with Crippen LogP contribution in [0.5, 0.6) is 5.75 Å². The molecule has 0 aromatic heterocycles. The van der Waals surface area contributed by atoms with Crippen molar-refractivity contribution in [2.45, 2.75) is 6.92 Å². The minimum absolute atomic E-state index is 0.0316. The van der Waals surface area contributed by atoms with Crippen molar-refractivity contribution in [2.24, 2.45) is 5.10 Å². The molecule has 1 aromatic carbocycles. The molecular formula is C16H20N2O3. The molecule has 1 aliphatic rings. The Morgan fingerprint density at radius 1 is 1.24 bits per heavy atom. The zero-order valence-electron chi connectivity index (χ0n) is 12.1. The van der Waals surface area contributed by atoms with E-state index in [9.17, 15) is 0 Å². The van der Waals surface area contributed by atoms with Crippen molar-refractivity contribution in [3.05, 3.63) is 53.8 Å². The smallest absolute Gasteiger partial charge is 0.122 e. The number of nitrogens with one attached hydrogen (secondary N) is 1. The topological polar surface area (TPSA) is 63.1 Å². The van der Waals surface area contributed by atoms with Gasteiger partial charge in [0.2, 0.25) is 0 Å². The first-order chi connectivity index (χ1) is 10.2. The lowest BCUT2D eigenvalue weighted by molar-refractivity contribution is 0.0704. The highest BCUT2D eigenvalue weighted by Crippen LogP contribution is 2.20. The second-order valence-electron chi connectivity index (χ2n) is 4.63. The van der Waals surface area contributed by atoms with E-state index in [1.807, 2.05) is 37.3 Å². The van der Waals surface area contributed by atoms with E-state index in [2.05, 4.69) is 17.1 Å². The standard InChI is InChI=1S/C16H20N2O3/c1-12-11-14(15-5-3-13(2)17-18-15)4-6-16(12)21-10-9-20-8-7-19/h3-6,11,17,19H,2,7-10H2,1H3. The van der Waals surface area contributed by atoms with Crippen LogP contribution in [0.3, 0.4) is 0 Å². The summed E-state index contributed by atoms with van der Waals surface area (Å²) >= 11 is 0. The third-order valence-electron chi connectivity index (χ3n) is 2.95. The summed E-state index contributed by atoms with van der Waals surface area (Å²) in [7, 11) is 0. The average molecular weight is 288 g/mol. The van der Waals surface area contributed by atoms with Crippen LogP contribution >= 0.6 is 0 Å². The van der Waals surface area contributed by atoms with E-state index in [0.717, 1.165) is 28.3 Å². The number of aliphatic hydroxyl groups is 1. The van der Waals surface area contributed by atoms with Crippen molar-refractivity contribution in [1.29, 1.82) is 0 Å². The molecule has 1 aromatic rings. The SMILES string of the molecule is C=C1C=CC(c2ccc(OCCOCCO)c(C)c2)=NN1. The summed E-state index contributed by atoms with van der Waals surface area (Å²) < 4.78 is 10.8. The third kappa shape index (κ3) is 4.44. The molecule has 0 spiro atoms. The maximum atomic E-state index is 8.60. The predicted molar refractivity (Wildman–Crippen MR) is 82.5 cm³/mol. The van der Waals surface area contributed by atoms with E-state index in [-0.39, 0.29) is 6.61 Å². The molecule has 0 radical (unpaired) electrons. The van der Waals surface area contributed by atoms with E-state index >= 15 is 0 Å². The fraction of sp³-hybridized carbons (Fsp3) is 0.312. The Kier molecular flexibility index (Phi) is 5.54. The quantitative estimate of drug-likeness (QED) is 0.751. The highest BCUT2D eigenvalue weighted by Gasteiger charge is 2.07. The normalized spacial score (nSPS) is 13.8. The summed E-state index contributed by atoms with van der Waals surface area (Å²) in [6.45, 7) is 7.06. The van der Waals surface area contributed by atoms with Crippen molar-refractivity contribution in [3.63, 3.8) is 0 Å². The highest BCUT2D eigenvalue weighted by molar-refractivity contribution is 6.09. The molecule has 0 fully saturated rings. The molecule has 5 nitrogen and oxygen atoms in total. The third-order valence-corrected chi connectivity index (χ3v) is 2.95. The number of aliphatic hydroxyl groups excluding tert-OH is 1. The molecule has 112 valence electrons. The minimum atomic E-state index is 0.0316. The number of hydrogen-bond acceptors (Lipinski definition) is 5. The van der Waals surface area contributed by atoms with Gasteiger partial charge in [0.1, 0.15) is 12.4 Å². The number of hydrazone groups is 1. The van der Waals surface area contributed by atoms with Gasteiger partial charge in [0, 0.05) is 11.3 Å². The second kappa shape index (κ2) is 7.61. The summed E-state index contributed by atoms with van der Waals surface area (Å²) in [5, 5.41) is 12.8. The van der Waals surface area contributed by atoms with Crippen LogP contribution in [0.4, 0.5) is 0 Å². The molecule has 0 aliphatic carbocycles. The summed E-state index contributed by atoms with van der Waals surface area (Å²) in [6.07, 6.45) is 3.82. The van der Waals surface area contributed by atoms with Crippen LogP contribution in [-0.4, -0.2) is 37.2 Å². The maximum absolute atomic E-state index is 8.60. The molecule has 0 saturated heterocycles. The van der Waals surface area contributed by atoms with E-state index in [4.69, 9.17) is 14.6 Å². The van der Waals surface area contributed by atoms with Crippen molar-refractivity contribution in [2.75, 3.05) is 26.4 Å². The van der Waals surface area contributed by atoms with Crippen molar-refractivity contribution in [3.8, 4) is 5.75 Å². The number of aryl methyl sites for hydroxylation is 1. The Labute approximate surface area is 124 Å². The van der Waals surface area contributed by atoms with Crippen LogP contribution < -0.4 is 10.2 Å².